The van der Waals surface area contributed by atoms with Gasteiger partial charge in [0.15, 0.2) is 0 Å². The topological polar surface area (TPSA) is 64.8 Å². The van der Waals surface area contributed by atoms with E-state index >= 15 is 0 Å². The summed E-state index contributed by atoms with van der Waals surface area (Å²) in [6, 6.07) is 0.0663. The highest BCUT2D eigenvalue weighted by Gasteiger charge is 2.24. The van der Waals surface area contributed by atoms with Gasteiger partial charge < -0.3 is 4.57 Å². The van der Waals surface area contributed by atoms with Gasteiger partial charge in [0.05, 0.1) is 16.5 Å². The largest absolute Gasteiger partial charge is 0.319 e. The highest BCUT2D eigenvalue weighted by molar-refractivity contribution is 7.90. The summed E-state index contributed by atoms with van der Waals surface area (Å²) in [7, 11) is -3.43. The molecule has 19 heavy (non-hydrogen) atoms. The first-order valence-corrected chi connectivity index (χ1v) is 8.46. The summed E-state index contributed by atoms with van der Waals surface area (Å²) >= 11 is 1.43. The average Bonchev–Trinajstić information content (AvgIpc) is 2.86. The third-order valence-corrected chi connectivity index (χ3v) is 5.59. The molecular weight excluding hydrogens is 282 g/mol. The molecule has 0 N–H and O–H groups in total. The number of aryl methyl sites for hydroxylation is 2. The zero-order valence-corrected chi connectivity index (χ0v) is 13.0. The van der Waals surface area contributed by atoms with Gasteiger partial charge in [0.25, 0.3) is 0 Å². The highest BCUT2D eigenvalue weighted by Crippen LogP contribution is 2.24. The van der Waals surface area contributed by atoms with Gasteiger partial charge in [-0.25, -0.2) is 18.4 Å². The molecule has 7 heteroatoms. The Hall–Kier alpha value is -1.21. The zero-order chi connectivity index (χ0) is 14.2. The van der Waals surface area contributed by atoms with Crippen LogP contribution in [0.15, 0.2) is 17.6 Å². The van der Waals surface area contributed by atoms with Crippen LogP contribution in [0.4, 0.5) is 0 Å². The van der Waals surface area contributed by atoms with Crippen molar-refractivity contribution in [3.05, 3.63) is 28.0 Å². The Morgan fingerprint density at radius 3 is 2.58 bits per heavy atom. The third-order valence-electron chi connectivity index (χ3n) is 2.79. The zero-order valence-electron chi connectivity index (χ0n) is 11.4. The van der Waals surface area contributed by atoms with Gasteiger partial charge in [-0.15, -0.1) is 11.3 Å². The first-order chi connectivity index (χ1) is 8.81. The molecule has 2 heterocycles. The van der Waals surface area contributed by atoms with E-state index in [1.54, 1.807) is 10.8 Å². The monoisotopic (exact) mass is 299 g/mol. The predicted octanol–water partition coefficient (Wildman–Crippen LogP) is 2.51. The summed E-state index contributed by atoms with van der Waals surface area (Å²) in [6.07, 6.45) is 3.22. The molecule has 0 saturated heterocycles. The van der Waals surface area contributed by atoms with Crippen molar-refractivity contribution in [2.75, 3.05) is 0 Å². The van der Waals surface area contributed by atoms with Crippen molar-refractivity contribution >= 4 is 21.2 Å². The third kappa shape index (κ3) is 2.87. The molecule has 2 aromatic rings. The van der Waals surface area contributed by atoms with Gasteiger partial charge in [-0.2, -0.15) is 0 Å². The summed E-state index contributed by atoms with van der Waals surface area (Å²) in [5, 5.41) is 1.02. The summed E-state index contributed by atoms with van der Waals surface area (Å²) in [4.78, 5) is 9.05. The van der Waals surface area contributed by atoms with Gasteiger partial charge in [-0.05, 0) is 27.7 Å². The maximum atomic E-state index is 12.4. The van der Waals surface area contributed by atoms with Crippen LogP contribution < -0.4 is 0 Å². The quantitative estimate of drug-likeness (QED) is 0.870. The minimum atomic E-state index is -3.43. The van der Waals surface area contributed by atoms with Crippen molar-refractivity contribution in [1.82, 2.24) is 14.5 Å². The van der Waals surface area contributed by atoms with Crippen LogP contribution in [0.3, 0.4) is 0 Å². The van der Waals surface area contributed by atoms with Gasteiger partial charge >= 0.3 is 0 Å². The SMILES string of the molecule is Cc1nc(C)c(CS(=O)(=O)c2nccn2C(C)C)s1. The lowest BCUT2D eigenvalue weighted by Gasteiger charge is -2.11. The van der Waals surface area contributed by atoms with E-state index in [-0.39, 0.29) is 17.0 Å². The van der Waals surface area contributed by atoms with Gasteiger partial charge in [-0.1, -0.05) is 0 Å². The van der Waals surface area contributed by atoms with Gasteiger partial charge in [-0.3, -0.25) is 0 Å². The van der Waals surface area contributed by atoms with Gasteiger partial charge in [0.1, 0.15) is 0 Å². The molecule has 0 aromatic carbocycles. The molecule has 0 saturated carbocycles. The molecule has 0 bridgehead atoms. The highest BCUT2D eigenvalue weighted by atomic mass is 32.2. The van der Waals surface area contributed by atoms with Crippen LogP contribution in [-0.4, -0.2) is 23.0 Å². The van der Waals surface area contributed by atoms with E-state index in [0.717, 1.165) is 15.6 Å². The van der Waals surface area contributed by atoms with E-state index in [1.165, 1.54) is 17.5 Å². The lowest BCUT2D eigenvalue weighted by Crippen LogP contribution is -2.14. The molecule has 2 rings (SSSR count). The fourth-order valence-electron chi connectivity index (χ4n) is 1.88. The maximum Gasteiger partial charge on any atom is 0.228 e. The van der Waals surface area contributed by atoms with Gasteiger partial charge in [0, 0.05) is 23.3 Å². The summed E-state index contributed by atoms with van der Waals surface area (Å²) < 4.78 is 26.6. The molecule has 0 fully saturated rings. The van der Waals surface area contributed by atoms with E-state index < -0.39 is 9.84 Å². The van der Waals surface area contributed by atoms with Gasteiger partial charge in [0.2, 0.25) is 15.0 Å². The van der Waals surface area contributed by atoms with Crippen molar-refractivity contribution in [1.29, 1.82) is 0 Å². The number of hydrogen-bond donors (Lipinski definition) is 0. The Labute approximate surface area is 117 Å². The molecule has 0 aliphatic rings. The molecule has 104 valence electrons. The van der Waals surface area contributed by atoms with E-state index in [0.29, 0.717) is 0 Å². The Balaban J connectivity index is 2.38. The van der Waals surface area contributed by atoms with Crippen LogP contribution in [0.25, 0.3) is 0 Å². The lowest BCUT2D eigenvalue weighted by molar-refractivity contribution is 0.520. The Bertz CT molecular complexity index is 684. The van der Waals surface area contributed by atoms with Crippen LogP contribution in [0.5, 0.6) is 0 Å². The van der Waals surface area contributed by atoms with Crippen molar-refractivity contribution in [3.63, 3.8) is 0 Å². The second kappa shape index (κ2) is 5.05. The summed E-state index contributed by atoms with van der Waals surface area (Å²) in [6.45, 7) is 7.58. The number of aromatic nitrogens is 3. The molecule has 2 aromatic heterocycles. The van der Waals surface area contributed by atoms with Crippen molar-refractivity contribution in [2.45, 2.75) is 44.6 Å². The molecular formula is C12H17N3O2S2. The Morgan fingerprint density at radius 2 is 2.05 bits per heavy atom. The molecule has 5 nitrogen and oxygen atoms in total. The predicted molar refractivity (Wildman–Crippen MR) is 75.1 cm³/mol. The number of sulfone groups is 1. The van der Waals surface area contributed by atoms with E-state index in [2.05, 4.69) is 9.97 Å². The molecule has 0 unspecified atom stereocenters. The van der Waals surface area contributed by atoms with Crippen LogP contribution in [0, 0.1) is 13.8 Å². The van der Waals surface area contributed by atoms with Crippen molar-refractivity contribution < 1.29 is 8.42 Å². The van der Waals surface area contributed by atoms with Crippen LogP contribution in [0.1, 0.15) is 35.5 Å². The summed E-state index contributed by atoms with van der Waals surface area (Å²) in [5.41, 5.74) is 0.786. The fraction of sp³-hybridized carbons (Fsp3) is 0.500. The first-order valence-electron chi connectivity index (χ1n) is 5.99. The second-order valence-corrected chi connectivity index (χ2v) is 7.88. The number of imidazole rings is 1. The lowest BCUT2D eigenvalue weighted by atomic mass is 10.4. The Morgan fingerprint density at radius 1 is 1.37 bits per heavy atom. The second-order valence-electron chi connectivity index (χ2n) is 4.71. The molecule has 0 aliphatic carbocycles. The fourth-order valence-corrected chi connectivity index (χ4v) is 4.81. The van der Waals surface area contributed by atoms with Crippen molar-refractivity contribution in [3.8, 4) is 0 Å². The van der Waals surface area contributed by atoms with E-state index in [1.807, 2.05) is 27.7 Å². The van der Waals surface area contributed by atoms with Crippen molar-refractivity contribution in [2.24, 2.45) is 0 Å². The number of thiazole rings is 1. The minimum absolute atomic E-state index is 0.0337. The normalized spacial score (nSPS) is 12.3. The molecule has 0 amide bonds. The molecule has 0 atom stereocenters. The summed E-state index contributed by atoms with van der Waals surface area (Å²) in [5.74, 6) is -0.0337. The molecule has 0 spiro atoms. The molecule has 0 radical (unpaired) electrons. The number of nitrogens with zero attached hydrogens (tertiary/aromatic N) is 3. The number of rotatable bonds is 4. The standard InChI is InChI=1S/C12H17N3O2S2/c1-8(2)15-6-5-13-12(15)19(16,17)7-11-9(3)14-10(4)18-11/h5-6,8H,7H2,1-4H3. The number of hydrogen-bond acceptors (Lipinski definition) is 5. The van der Waals surface area contributed by atoms with E-state index in [9.17, 15) is 8.42 Å². The maximum absolute atomic E-state index is 12.4. The average molecular weight is 299 g/mol. The van der Waals surface area contributed by atoms with E-state index in [4.69, 9.17) is 0 Å². The van der Waals surface area contributed by atoms with Crippen LogP contribution in [-0.2, 0) is 15.6 Å². The minimum Gasteiger partial charge on any atom is -0.319 e. The smallest absolute Gasteiger partial charge is 0.228 e. The van der Waals surface area contributed by atoms with Crippen LogP contribution in [0.2, 0.25) is 0 Å². The Kier molecular flexibility index (Phi) is 3.78. The molecule has 0 aliphatic heterocycles. The van der Waals surface area contributed by atoms with Crippen LogP contribution >= 0.6 is 11.3 Å². The first kappa shape index (κ1) is 14.2.